The van der Waals surface area contributed by atoms with Gasteiger partial charge in [-0.3, -0.25) is 9.52 Å². The Hall–Kier alpha value is -2.55. The van der Waals surface area contributed by atoms with Gasteiger partial charge in [0.2, 0.25) is 0 Å². The number of sulfonamides is 1. The van der Waals surface area contributed by atoms with Gasteiger partial charge in [0.25, 0.3) is 15.9 Å². The number of hydrogen-bond acceptors (Lipinski definition) is 4. The van der Waals surface area contributed by atoms with Crippen LogP contribution in [0.2, 0.25) is 5.02 Å². The Morgan fingerprint density at radius 1 is 0.903 bits per heavy atom. The van der Waals surface area contributed by atoms with Crippen LogP contribution in [0.5, 0.6) is 5.75 Å². The molecule has 0 spiro atoms. The van der Waals surface area contributed by atoms with Crippen LogP contribution in [0.4, 0.5) is 11.4 Å². The second kappa shape index (κ2) is 9.30. The van der Waals surface area contributed by atoms with Crippen LogP contribution in [-0.4, -0.2) is 19.9 Å². The van der Waals surface area contributed by atoms with Gasteiger partial charge in [-0.2, -0.15) is 0 Å². The standard InChI is InChI=1S/C22H20BrClN2O4S/c1-22(2,30-19-11-5-16(24)6-12-19)21(27)25-17-9-13-20(14-10-17)31(28,29)26-18-7-3-15(23)4-8-18/h3-14,26H,1-2H3,(H,25,27). The highest BCUT2D eigenvalue weighted by atomic mass is 79.9. The molecule has 0 aliphatic heterocycles. The van der Waals surface area contributed by atoms with Crippen molar-refractivity contribution in [2.24, 2.45) is 0 Å². The largest absolute Gasteiger partial charge is 0.478 e. The third-order valence-electron chi connectivity index (χ3n) is 4.25. The van der Waals surface area contributed by atoms with Crippen molar-refractivity contribution < 1.29 is 17.9 Å². The van der Waals surface area contributed by atoms with Crippen LogP contribution in [0.15, 0.2) is 82.2 Å². The van der Waals surface area contributed by atoms with Gasteiger partial charge < -0.3 is 10.1 Å². The van der Waals surface area contributed by atoms with Crippen LogP contribution in [0, 0.1) is 0 Å². The van der Waals surface area contributed by atoms with Crippen LogP contribution >= 0.6 is 27.5 Å². The van der Waals surface area contributed by atoms with Gasteiger partial charge in [-0.1, -0.05) is 27.5 Å². The molecule has 162 valence electrons. The van der Waals surface area contributed by atoms with E-state index in [-0.39, 0.29) is 10.8 Å². The minimum atomic E-state index is -3.76. The quantitative estimate of drug-likeness (QED) is 0.416. The van der Waals surface area contributed by atoms with Crippen molar-refractivity contribution in [1.29, 1.82) is 0 Å². The summed E-state index contributed by atoms with van der Waals surface area (Å²) in [5.74, 6) is 0.121. The maximum atomic E-state index is 12.7. The molecule has 3 rings (SSSR count). The van der Waals surface area contributed by atoms with E-state index in [1.807, 2.05) is 0 Å². The van der Waals surface area contributed by atoms with Gasteiger partial charge in [0.05, 0.1) is 4.90 Å². The number of rotatable bonds is 7. The van der Waals surface area contributed by atoms with E-state index in [1.165, 1.54) is 24.3 Å². The van der Waals surface area contributed by atoms with Gasteiger partial charge in [0.1, 0.15) is 5.75 Å². The molecule has 0 aromatic heterocycles. The molecule has 0 atom stereocenters. The van der Waals surface area contributed by atoms with Crippen LogP contribution < -0.4 is 14.8 Å². The molecule has 0 heterocycles. The van der Waals surface area contributed by atoms with E-state index < -0.39 is 15.6 Å². The number of anilines is 2. The average Bonchev–Trinajstić information content (AvgIpc) is 2.71. The monoisotopic (exact) mass is 522 g/mol. The van der Waals surface area contributed by atoms with E-state index >= 15 is 0 Å². The van der Waals surface area contributed by atoms with Crippen molar-refractivity contribution >= 4 is 54.8 Å². The third kappa shape index (κ3) is 6.22. The molecule has 0 aliphatic carbocycles. The Bertz CT molecular complexity index is 1160. The Morgan fingerprint density at radius 3 is 2.03 bits per heavy atom. The first-order chi connectivity index (χ1) is 14.5. The maximum absolute atomic E-state index is 12.7. The summed E-state index contributed by atoms with van der Waals surface area (Å²) in [6.07, 6.45) is 0. The van der Waals surface area contributed by atoms with E-state index in [0.29, 0.717) is 22.1 Å². The van der Waals surface area contributed by atoms with Crippen LogP contribution in [0.3, 0.4) is 0 Å². The topological polar surface area (TPSA) is 84.5 Å². The zero-order valence-electron chi connectivity index (χ0n) is 16.7. The van der Waals surface area contributed by atoms with Crippen LogP contribution in [0.1, 0.15) is 13.8 Å². The number of nitrogens with one attached hydrogen (secondary N) is 2. The summed E-state index contributed by atoms with van der Waals surface area (Å²) in [4.78, 5) is 12.7. The Morgan fingerprint density at radius 2 is 1.45 bits per heavy atom. The summed E-state index contributed by atoms with van der Waals surface area (Å²) >= 11 is 9.17. The summed E-state index contributed by atoms with van der Waals surface area (Å²) in [6.45, 7) is 3.27. The number of benzene rings is 3. The van der Waals surface area contributed by atoms with Crippen LogP contribution in [0.25, 0.3) is 0 Å². The molecule has 0 aliphatic rings. The minimum Gasteiger partial charge on any atom is -0.478 e. The van der Waals surface area contributed by atoms with Crippen molar-refractivity contribution in [1.82, 2.24) is 0 Å². The molecular weight excluding hydrogens is 504 g/mol. The molecule has 0 bridgehead atoms. The number of carbonyl (C=O) groups is 1. The molecule has 9 heteroatoms. The molecular formula is C22H20BrClN2O4S. The predicted octanol–water partition coefficient (Wildman–Crippen LogP) is 5.70. The summed E-state index contributed by atoms with van der Waals surface area (Å²) in [5, 5.41) is 3.31. The highest BCUT2D eigenvalue weighted by Crippen LogP contribution is 2.23. The highest BCUT2D eigenvalue weighted by Gasteiger charge is 2.30. The second-order valence-corrected chi connectivity index (χ2v) is 10.2. The van der Waals surface area contributed by atoms with Gasteiger partial charge in [-0.05, 0) is 86.6 Å². The number of hydrogen-bond donors (Lipinski definition) is 2. The molecule has 0 fully saturated rings. The lowest BCUT2D eigenvalue weighted by Gasteiger charge is -2.25. The average molecular weight is 524 g/mol. The molecule has 31 heavy (non-hydrogen) atoms. The number of halogens is 2. The van der Waals surface area contributed by atoms with Gasteiger partial charge in [0, 0.05) is 20.9 Å². The van der Waals surface area contributed by atoms with Crippen molar-refractivity contribution in [2.45, 2.75) is 24.3 Å². The first-order valence-corrected chi connectivity index (χ1v) is 11.9. The Balaban J connectivity index is 1.67. The predicted molar refractivity (Wildman–Crippen MR) is 126 cm³/mol. The van der Waals surface area contributed by atoms with E-state index in [0.717, 1.165) is 4.47 Å². The van der Waals surface area contributed by atoms with Gasteiger partial charge in [-0.25, -0.2) is 8.42 Å². The highest BCUT2D eigenvalue weighted by molar-refractivity contribution is 9.10. The first kappa shape index (κ1) is 23.1. The molecule has 3 aromatic carbocycles. The van der Waals surface area contributed by atoms with Crippen LogP contribution in [-0.2, 0) is 14.8 Å². The summed E-state index contributed by atoms with van der Waals surface area (Å²) < 4.78 is 34.3. The summed E-state index contributed by atoms with van der Waals surface area (Å²) in [5.41, 5.74) is -0.274. The molecule has 2 N–H and O–H groups in total. The Labute approximate surface area is 194 Å². The van der Waals surface area contributed by atoms with E-state index in [4.69, 9.17) is 16.3 Å². The molecule has 0 saturated carbocycles. The lowest BCUT2D eigenvalue weighted by molar-refractivity contribution is -0.128. The van der Waals surface area contributed by atoms with Gasteiger partial charge in [-0.15, -0.1) is 0 Å². The van der Waals surface area contributed by atoms with Crippen molar-refractivity contribution in [3.63, 3.8) is 0 Å². The third-order valence-corrected chi connectivity index (χ3v) is 6.43. The smallest absolute Gasteiger partial charge is 0.267 e. The fraction of sp³-hybridized carbons (Fsp3) is 0.136. The lowest BCUT2D eigenvalue weighted by atomic mass is 10.1. The number of carbonyl (C=O) groups excluding carboxylic acids is 1. The Kier molecular flexibility index (Phi) is 6.93. The molecule has 0 saturated heterocycles. The fourth-order valence-corrected chi connectivity index (χ4v) is 4.02. The van der Waals surface area contributed by atoms with Crippen molar-refractivity contribution in [3.8, 4) is 5.75 Å². The summed E-state index contributed by atoms with van der Waals surface area (Å²) in [6, 6.07) is 19.4. The van der Waals surface area contributed by atoms with E-state index in [9.17, 15) is 13.2 Å². The van der Waals surface area contributed by atoms with Gasteiger partial charge in [0.15, 0.2) is 5.60 Å². The van der Waals surface area contributed by atoms with Crippen molar-refractivity contribution in [3.05, 3.63) is 82.3 Å². The summed E-state index contributed by atoms with van der Waals surface area (Å²) in [7, 11) is -3.76. The number of ether oxygens (including phenoxy) is 1. The molecule has 1 amide bonds. The molecule has 6 nitrogen and oxygen atoms in total. The molecule has 0 unspecified atom stereocenters. The van der Waals surface area contributed by atoms with Crippen molar-refractivity contribution in [2.75, 3.05) is 10.0 Å². The maximum Gasteiger partial charge on any atom is 0.267 e. The van der Waals surface area contributed by atoms with Gasteiger partial charge >= 0.3 is 0 Å². The van der Waals surface area contributed by atoms with E-state index in [2.05, 4.69) is 26.0 Å². The minimum absolute atomic E-state index is 0.0742. The second-order valence-electron chi connectivity index (χ2n) is 7.16. The fourth-order valence-electron chi connectivity index (χ4n) is 2.57. The molecule has 0 radical (unpaired) electrons. The molecule has 3 aromatic rings. The SMILES string of the molecule is CC(C)(Oc1ccc(Cl)cc1)C(=O)Nc1ccc(S(=O)(=O)Nc2ccc(Br)cc2)cc1. The zero-order valence-corrected chi connectivity index (χ0v) is 19.9. The zero-order chi connectivity index (χ0) is 22.6. The first-order valence-electron chi connectivity index (χ1n) is 9.20. The van der Waals surface area contributed by atoms with E-state index in [1.54, 1.807) is 62.4 Å². The normalized spacial score (nSPS) is 11.6. The lowest BCUT2D eigenvalue weighted by Crippen LogP contribution is -2.42. The number of amides is 1.